The van der Waals surface area contributed by atoms with Crippen molar-refractivity contribution in [3.63, 3.8) is 0 Å². The van der Waals surface area contributed by atoms with Crippen molar-refractivity contribution in [2.45, 2.75) is 31.7 Å². The van der Waals surface area contributed by atoms with Gasteiger partial charge in [0, 0.05) is 31.8 Å². The first-order chi connectivity index (χ1) is 8.39. The van der Waals surface area contributed by atoms with Crippen LogP contribution in [0, 0.1) is 5.41 Å². The van der Waals surface area contributed by atoms with E-state index in [0.29, 0.717) is 12.8 Å². The molecule has 0 fully saturated rings. The van der Waals surface area contributed by atoms with Gasteiger partial charge < -0.3 is 9.67 Å². The molecular weight excluding hydrogens is 254 g/mol. The van der Waals surface area contributed by atoms with E-state index in [1.165, 1.54) is 12.5 Å². The fraction of sp³-hybridized carbons (Fsp3) is 0.727. The molecule has 104 valence electrons. The molecule has 0 radical (unpaired) electrons. The fourth-order valence-electron chi connectivity index (χ4n) is 1.63. The Labute approximate surface area is 108 Å². The zero-order chi connectivity index (χ0) is 13.8. The largest absolute Gasteiger partial charge is 0.396 e. The fourth-order valence-corrected chi connectivity index (χ4v) is 2.76. The molecule has 0 saturated heterocycles. The molecule has 0 saturated carbocycles. The average Bonchev–Trinajstić information content (AvgIpc) is 2.79. The van der Waals surface area contributed by atoms with Crippen LogP contribution < -0.4 is 4.72 Å². The maximum Gasteiger partial charge on any atom is 0.259 e. The number of aryl methyl sites for hydroxylation is 1. The van der Waals surface area contributed by atoms with Crippen LogP contribution in [0.25, 0.3) is 0 Å². The third kappa shape index (κ3) is 3.30. The molecule has 1 rings (SSSR count). The number of aliphatic hydroxyl groups is 1. The standard InChI is InChI=1S/C11H21N3O3S/c1-4-11(5-2,8-15)7-13-18(16,17)10-6-14(3)9-12-10/h6,9,13,15H,4-5,7-8H2,1-3H3. The minimum Gasteiger partial charge on any atom is -0.396 e. The van der Waals surface area contributed by atoms with Gasteiger partial charge in [0.1, 0.15) is 0 Å². The van der Waals surface area contributed by atoms with Gasteiger partial charge in [-0.05, 0) is 12.8 Å². The minimum absolute atomic E-state index is 0.00375. The van der Waals surface area contributed by atoms with Crippen LogP contribution >= 0.6 is 0 Å². The van der Waals surface area contributed by atoms with Crippen LogP contribution in [0.3, 0.4) is 0 Å². The minimum atomic E-state index is -3.60. The van der Waals surface area contributed by atoms with Crippen molar-refractivity contribution in [3.05, 3.63) is 12.5 Å². The van der Waals surface area contributed by atoms with Crippen LogP contribution in [-0.2, 0) is 17.1 Å². The predicted octanol–water partition coefficient (Wildman–Crippen LogP) is 0.497. The second-order valence-corrected chi connectivity index (χ2v) is 6.28. The van der Waals surface area contributed by atoms with Gasteiger partial charge in [-0.3, -0.25) is 0 Å². The highest BCUT2D eigenvalue weighted by Crippen LogP contribution is 2.25. The molecule has 0 aliphatic carbocycles. The van der Waals surface area contributed by atoms with Crippen LogP contribution in [0.15, 0.2) is 17.6 Å². The zero-order valence-corrected chi connectivity index (χ0v) is 11.9. The molecule has 0 spiro atoms. The molecule has 0 atom stereocenters. The summed E-state index contributed by atoms with van der Waals surface area (Å²) in [6.45, 7) is 4.06. The van der Waals surface area contributed by atoms with Gasteiger partial charge in [-0.15, -0.1) is 0 Å². The van der Waals surface area contributed by atoms with Crippen molar-refractivity contribution in [1.29, 1.82) is 0 Å². The summed E-state index contributed by atoms with van der Waals surface area (Å²) in [6.07, 6.45) is 4.31. The summed E-state index contributed by atoms with van der Waals surface area (Å²) < 4.78 is 28.0. The number of nitrogens with one attached hydrogen (secondary N) is 1. The lowest BCUT2D eigenvalue weighted by atomic mass is 9.84. The SMILES string of the molecule is CCC(CC)(CO)CNS(=O)(=O)c1cn(C)cn1. The Morgan fingerprint density at radius 2 is 2.06 bits per heavy atom. The van der Waals surface area contributed by atoms with Gasteiger partial charge in [-0.2, -0.15) is 0 Å². The van der Waals surface area contributed by atoms with Crippen LogP contribution in [0.4, 0.5) is 0 Å². The number of aromatic nitrogens is 2. The Hall–Kier alpha value is -0.920. The summed E-state index contributed by atoms with van der Waals surface area (Å²) in [5.74, 6) is 0. The zero-order valence-electron chi connectivity index (χ0n) is 11.0. The Kier molecular flexibility index (Phi) is 4.89. The first kappa shape index (κ1) is 15.1. The molecule has 6 nitrogen and oxygen atoms in total. The monoisotopic (exact) mass is 275 g/mol. The molecule has 1 aromatic heterocycles. The van der Waals surface area contributed by atoms with Crippen molar-refractivity contribution in [3.8, 4) is 0 Å². The van der Waals surface area contributed by atoms with E-state index in [1.54, 1.807) is 11.6 Å². The van der Waals surface area contributed by atoms with E-state index in [1.807, 2.05) is 13.8 Å². The third-order valence-corrected chi connectivity index (χ3v) is 4.71. The topological polar surface area (TPSA) is 84.2 Å². The molecule has 0 aromatic carbocycles. The number of nitrogens with zero attached hydrogens (tertiary/aromatic N) is 2. The summed E-state index contributed by atoms with van der Waals surface area (Å²) in [4.78, 5) is 3.82. The summed E-state index contributed by atoms with van der Waals surface area (Å²) in [6, 6.07) is 0. The van der Waals surface area contributed by atoms with E-state index in [9.17, 15) is 13.5 Å². The Balaban J connectivity index is 2.79. The lowest BCUT2D eigenvalue weighted by Gasteiger charge is -2.29. The van der Waals surface area contributed by atoms with E-state index in [4.69, 9.17) is 0 Å². The number of sulfonamides is 1. The molecule has 7 heteroatoms. The van der Waals surface area contributed by atoms with Crippen molar-refractivity contribution < 1.29 is 13.5 Å². The Morgan fingerprint density at radius 3 is 2.44 bits per heavy atom. The summed E-state index contributed by atoms with van der Waals surface area (Å²) in [7, 11) is -1.89. The van der Waals surface area contributed by atoms with E-state index < -0.39 is 15.4 Å². The van der Waals surface area contributed by atoms with Gasteiger partial charge in [0.25, 0.3) is 10.0 Å². The van der Waals surface area contributed by atoms with Crippen LogP contribution in [0.1, 0.15) is 26.7 Å². The maximum atomic E-state index is 12.0. The molecule has 0 bridgehead atoms. The number of hydrogen-bond acceptors (Lipinski definition) is 4. The van der Waals surface area contributed by atoms with Crippen LogP contribution in [0.2, 0.25) is 0 Å². The lowest BCUT2D eigenvalue weighted by molar-refractivity contribution is 0.119. The summed E-state index contributed by atoms with van der Waals surface area (Å²) in [5, 5.41) is 9.40. The molecule has 2 N–H and O–H groups in total. The predicted molar refractivity (Wildman–Crippen MR) is 68.5 cm³/mol. The van der Waals surface area contributed by atoms with Crippen LogP contribution in [-0.4, -0.2) is 36.2 Å². The van der Waals surface area contributed by atoms with Gasteiger partial charge in [-0.1, -0.05) is 13.8 Å². The molecule has 18 heavy (non-hydrogen) atoms. The normalized spacial score (nSPS) is 12.9. The van der Waals surface area contributed by atoms with Crippen LogP contribution in [0.5, 0.6) is 0 Å². The highest BCUT2D eigenvalue weighted by Gasteiger charge is 2.28. The highest BCUT2D eigenvalue weighted by atomic mass is 32.2. The second kappa shape index (κ2) is 5.81. The maximum absolute atomic E-state index is 12.0. The summed E-state index contributed by atoms with van der Waals surface area (Å²) >= 11 is 0. The quantitative estimate of drug-likeness (QED) is 0.759. The van der Waals surface area contributed by atoms with Crippen molar-refractivity contribution >= 4 is 10.0 Å². The van der Waals surface area contributed by atoms with Crippen molar-refractivity contribution in [2.75, 3.05) is 13.2 Å². The van der Waals surface area contributed by atoms with E-state index >= 15 is 0 Å². The van der Waals surface area contributed by atoms with Gasteiger partial charge in [0.15, 0.2) is 5.03 Å². The second-order valence-electron chi connectivity index (χ2n) is 4.57. The average molecular weight is 275 g/mol. The molecule has 0 aliphatic rings. The Bertz CT molecular complexity index is 469. The molecular formula is C11H21N3O3S. The molecule has 0 unspecified atom stereocenters. The molecule has 1 aromatic rings. The highest BCUT2D eigenvalue weighted by molar-refractivity contribution is 7.89. The van der Waals surface area contributed by atoms with Crippen molar-refractivity contribution in [2.24, 2.45) is 12.5 Å². The van der Waals surface area contributed by atoms with Gasteiger partial charge in [0.2, 0.25) is 0 Å². The molecule has 0 amide bonds. The number of imidazole rings is 1. The molecule has 0 aliphatic heterocycles. The molecule has 1 heterocycles. The smallest absolute Gasteiger partial charge is 0.259 e. The Morgan fingerprint density at radius 1 is 1.44 bits per heavy atom. The van der Waals surface area contributed by atoms with E-state index in [-0.39, 0.29) is 18.2 Å². The third-order valence-electron chi connectivity index (χ3n) is 3.43. The van der Waals surface area contributed by atoms with Gasteiger partial charge in [-0.25, -0.2) is 18.1 Å². The van der Waals surface area contributed by atoms with E-state index in [0.717, 1.165) is 0 Å². The number of hydrogen-bond donors (Lipinski definition) is 2. The van der Waals surface area contributed by atoms with Gasteiger partial charge in [0.05, 0.1) is 6.33 Å². The van der Waals surface area contributed by atoms with E-state index in [2.05, 4.69) is 9.71 Å². The number of rotatable bonds is 7. The summed E-state index contributed by atoms with van der Waals surface area (Å²) in [5.41, 5.74) is -0.401. The lowest BCUT2D eigenvalue weighted by Crippen LogP contribution is -2.39. The number of aliphatic hydroxyl groups excluding tert-OH is 1. The van der Waals surface area contributed by atoms with Crippen molar-refractivity contribution in [1.82, 2.24) is 14.3 Å². The first-order valence-corrected chi connectivity index (χ1v) is 7.46. The van der Waals surface area contributed by atoms with Gasteiger partial charge >= 0.3 is 0 Å². The first-order valence-electron chi connectivity index (χ1n) is 5.97.